The molecule has 0 aliphatic carbocycles. The highest BCUT2D eigenvalue weighted by Gasteiger charge is 2.34. The first-order chi connectivity index (χ1) is 12.2. The van der Waals surface area contributed by atoms with Gasteiger partial charge in [0, 0.05) is 13.1 Å². The summed E-state index contributed by atoms with van der Waals surface area (Å²) in [6, 6.07) is 7.94. The number of piperidine rings is 1. The average molecular weight is 382 g/mol. The maximum Gasteiger partial charge on any atom is 0.326 e. The van der Waals surface area contributed by atoms with E-state index in [-0.39, 0.29) is 18.2 Å². The van der Waals surface area contributed by atoms with Gasteiger partial charge in [0.15, 0.2) is 0 Å². The van der Waals surface area contributed by atoms with Gasteiger partial charge in [-0.15, -0.1) is 0 Å². The van der Waals surface area contributed by atoms with E-state index in [1.54, 1.807) is 38.1 Å². The summed E-state index contributed by atoms with van der Waals surface area (Å²) < 4.78 is 26.7. The van der Waals surface area contributed by atoms with Crippen LogP contribution in [0.2, 0.25) is 0 Å². The molecule has 1 aliphatic rings. The standard InChI is InChI=1S/C18H26N2O5S/c1-13(2)16(18(22)23)19-17(21)15-9-6-10-20(11-15)26(24,25)12-14-7-4-3-5-8-14/h3-5,7-8,13,15-16H,6,9-12H2,1-2H3,(H,19,21)(H,22,23)/t15?,16-/m1/s1. The number of carboxylic acid groups (broad SMARTS) is 1. The monoisotopic (exact) mass is 382 g/mol. The Hall–Kier alpha value is -1.93. The second kappa shape index (κ2) is 8.64. The molecule has 2 N–H and O–H groups in total. The molecule has 1 aliphatic heterocycles. The molecule has 0 saturated carbocycles. The average Bonchev–Trinajstić information content (AvgIpc) is 2.59. The van der Waals surface area contributed by atoms with E-state index in [2.05, 4.69) is 5.32 Å². The molecule has 1 unspecified atom stereocenters. The molecule has 2 rings (SSSR count). The minimum atomic E-state index is -3.53. The molecule has 1 heterocycles. The van der Waals surface area contributed by atoms with Crippen molar-refractivity contribution in [1.82, 2.24) is 9.62 Å². The smallest absolute Gasteiger partial charge is 0.326 e. The second-order valence-corrected chi connectivity index (χ2v) is 8.98. The number of rotatable bonds is 7. The number of amides is 1. The highest BCUT2D eigenvalue weighted by molar-refractivity contribution is 7.88. The molecule has 1 aromatic carbocycles. The lowest BCUT2D eigenvalue weighted by Gasteiger charge is -2.32. The zero-order chi connectivity index (χ0) is 19.3. The van der Waals surface area contributed by atoms with Crippen molar-refractivity contribution in [2.75, 3.05) is 13.1 Å². The van der Waals surface area contributed by atoms with E-state index in [1.807, 2.05) is 6.07 Å². The Morgan fingerprint density at radius 1 is 1.27 bits per heavy atom. The topological polar surface area (TPSA) is 104 Å². The highest BCUT2D eigenvalue weighted by atomic mass is 32.2. The third-order valence-corrected chi connectivity index (χ3v) is 6.39. The minimum absolute atomic E-state index is 0.0887. The van der Waals surface area contributed by atoms with Gasteiger partial charge in [-0.2, -0.15) is 0 Å². The minimum Gasteiger partial charge on any atom is -0.480 e. The predicted octanol–water partition coefficient (Wildman–Crippen LogP) is 1.45. The maximum atomic E-state index is 12.7. The predicted molar refractivity (Wildman–Crippen MR) is 97.8 cm³/mol. The van der Waals surface area contributed by atoms with Crippen molar-refractivity contribution in [1.29, 1.82) is 0 Å². The summed E-state index contributed by atoms with van der Waals surface area (Å²) in [4.78, 5) is 23.7. The van der Waals surface area contributed by atoms with E-state index in [0.717, 1.165) is 0 Å². The molecule has 1 amide bonds. The molecular formula is C18H26N2O5S. The van der Waals surface area contributed by atoms with Crippen molar-refractivity contribution in [2.45, 2.75) is 38.5 Å². The molecule has 7 nitrogen and oxygen atoms in total. The van der Waals surface area contributed by atoms with E-state index in [1.165, 1.54) is 4.31 Å². The van der Waals surface area contributed by atoms with Crippen LogP contribution in [0.3, 0.4) is 0 Å². The summed E-state index contributed by atoms with van der Waals surface area (Å²) in [6.45, 7) is 3.91. The van der Waals surface area contributed by atoms with Crippen molar-refractivity contribution < 1.29 is 23.1 Å². The van der Waals surface area contributed by atoms with Gasteiger partial charge in [-0.3, -0.25) is 4.79 Å². The summed E-state index contributed by atoms with van der Waals surface area (Å²) in [5.41, 5.74) is 0.699. The van der Waals surface area contributed by atoms with E-state index >= 15 is 0 Å². The molecule has 26 heavy (non-hydrogen) atoms. The van der Waals surface area contributed by atoms with Gasteiger partial charge in [-0.25, -0.2) is 17.5 Å². The van der Waals surface area contributed by atoms with Crippen LogP contribution in [0.25, 0.3) is 0 Å². The Morgan fingerprint density at radius 3 is 2.50 bits per heavy atom. The number of carboxylic acids is 1. The normalized spacial score (nSPS) is 19.9. The van der Waals surface area contributed by atoms with Crippen LogP contribution >= 0.6 is 0 Å². The van der Waals surface area contributed by atoms with Crippen LogP contribution < -0.4 is 5.32 Å². The Kier molecular flexibility index (Phi) is 6.77. The molecule has 1 aromatic rings. The molecule has 0 aromatic heterocycles. The van der Waals surface area contributed by atoms with Crippen molar-refractivity contribution in [3.8, 4) is 0 Å². The number of carbonyl (C=O) groups is 2. The third-order valence-electron chi connectivity index (χ3n) is 4.57. The van der Waals surface area contributed by atoms with E-state index in [9.17, 15) is 23.1 Å². The quantitative estimate of drug-likeness (QED) is 0.743. The summed E-state index contributed by atoms with van der Waals surface area (Å²) >= 11 is 0. The van der Waals surface area contributed by atoms with Crippen LogP contribution in [0.1, 0.15) is 32.3 Å². The number of aliphatic carboxylic acids is 1. The van der Waals surface area contributed by atoms with Crippen LogP contribution in [0.4, 0.5) is 0 Å². The molecule has 1 saturated heterocycles. The van der Waals surface area contributed by atoms with Crippen molar-refractivity contribution in [3.05, 3.63) is 35.9 Å². The van der Waals surface area contributed by atoms with Gasteiger partial charge in [0.05, 0.1) is 11.7 Å². The molecular weight excluding hydrogens is 356 g/mol. The number of hydrogen-bond donors (Lipinski definition) is 2. The molecule has 2 atom stereocenters. The zero-order valence-corrected chi connectivity index (χ0v) is 15.9. The van der Waals surface area contributed by atoms with Crippen molar-refractivity contribution in [3.63, 3.8) is 0 Å². The van der Waals surface area contributed by atoms with Crippen LogP contribution in [0.5, 0.6) is 0 Å². The summed E-state index contributed by atoms with van der Waals surface area (Å²) in [5, 5.41) is 11.8. The summed E-state index contributed by atoms with van der Waals surface area (Å²) in [7, 11) is -3.53. The SMILES string of the molecule is CC(C)[C@@H](NC(=O)C1CCCN(S(=O)(=O)Cc2ccccc2)C1)C(=O)O. The van der Waals surface area contributed by atoms with Crippen molar-refractivity contribution in [2.24, 2.45) is 11.8 Å². The van der Waals surface area contributed by atoms with E-state index < -0.39 is 33.9 Å². The highest BCUT2D eigenvalue weighted by Crippen LogP contribution is 2.22. The van der Waals surface area contributed by atoms with Gasteiger partial charge in [0.25, 0.3) is 0 Å². The largest absolute Gasteiger partial charge is 0.480 e. The Balaban J connectivity index is 2.03. The fourth-order valence-electron chi connectivity index (χ4n) is 3.07. The number of nitrogens with zero attached hydrogens (tertiary/aromatic N) is 1. The lowest BCUT2D eigenvalue weighted by molar-refractivity contribution is -0.144. The molecule has 0 radical (unpaired) electrons. The van der Waals surface area contributed by atoms with Crippen LogP contribution in [-0.2, 0) is 25.4 Å². The first kappa shape index (κ1) is 20.4. The van der Waals surface area contributed by atoms with Gasteiger partial charge in [-0.1, -0.05) is 44.2 Å². The lowest BCUT2D eigenvalue weighted by atomic mass is 9.97. The fraction of sp³-hybridized carbons (Fsp3) is 0.556. The molecule has 144 valence electrons. The maximum absolute atomic E-state index is 12.7. The molecule has 8 heteroatoms. The second-order valence-electron chi connectivity index (χ2n) is 7.01. The van der Waals surface area contributed by atoms with E-state index in [4.69, 9.17) is 0 Å². The van der Waals surface area contributed by atoms with Gasteiger partial charge in [-0.05, 0) is 24.3 Å². The Labute approximate surface area is 154 Å². The Bertz CT molecular complexity index is 733. The Morgan fingerprint density at radius 2 is 1.92 bits per heavy atom. The van der Waals surface area contributed by atoms with Gasteiger partial charge >= 0.3 is 5.97 Å². The molecule has 0 spiro atoms. The van der Waals surface area contributed by atoms with Gasteiger partial charge in [0.1, 0.15) is 6.04 Å². The molecule has 0 bridgehead atoms. The number of nitrogens with one attached hydrogen (secondary N) is 1. The van der Waals surface area contributed by atoms with Crippen LogP contribution in [0.15, 0.2) is 30.3 Å². The number of benzene rings is 1. The summed E-state index contributed by atoms with van der Waals surface area (Å²) in [6.07, 6.45) is 1.12. The molecule has 1 fully saturated rings. The lowest BCUT2D eigenvalue weighted by Crippen LogP contribution is -2.51. The van der Waals surface area contributed by atoms with E-state index in [0.29, 0.717) is 24.9 Å². The fourth-order valence-corrected chi connectivity index (χ4v) is 4.68. The first-order valence-electron chi connectivity index (χ1n) is 8.75. The number of sulfonamides is 1. The van der Waals surface area contributed by atoms with Gasteiger partial charge < -0.3 is 10.4 Å². The summed E-state index contributed by atoms with van der Waals surface area (Å²) in [5.74, 6) is -2.37. The number of carbonyl (C=O) groups excluding carboxylic acids is 1. The van der Waals surface area contributed by atoms with Gasteiger partial charge in [0.2, 0.25) is 15.9 Å². The van der Waals surface area contributed by atoms with Crippen LogP contribution in [0, 0.1) is 11.8 Å². The zero-order valence-electron chi connectivity index (χ0n) is 15.1. The number of hydrogen-bond acceptors (Lipinski definition) is 4. The van der Waals surface area contributed by atoms with Crippen LogP contribution in [-0.4, -0.2) is 48.8 Å². The first-order valence-corrected chi connectivity index (χ1v) is 10.4. The van der Waals surface area contributed by atoms with Crippen molar-refractivity contribution >= 4 is 21.9 Å². The third kappa shape index (κ3) is 5.28.